The maximum absolute atomic E-state index is 5.61. The lowest BCUT2D eigenvalue weighted by molar-refractivity contribution is 0.0812. The number of fused-ring (bicyclic) bond motifs is 1. The Morgan fingerprint density at radius 1 is 1.67 bits per heavy atom. The van der Waals surface area contributed by atoms with Crippen LogP contribution in [0.4, 0.5) is 0 Å². The third-order valence-corrected chi connectivity index (χ3v) is 4.72. The number of hydrogen-bond acceptors (Lipinski definition) is 3. The third-order valence-electron chi connectivity index (χ3n) is 1.77. The van der Waals surface area contributed by atoms with Crippen molar-refractivity contribution in [3.63, 3.8) is 0 Å². The first-order valence-electron chi connectivity index (χ1n) is 3.81. The standard InChI is InChI=1S/C8H9BrOS2/c1-5-8-6(4-7(9)12-8)11-3-2-10-5/h4-5H,2-3H2,1H3. The maximum atomic E-state index is 5.61. The summed E-state index contributed by atoms with van der Waals surface area (Å²) >= 11 is 7.17. The van der Waals surface area contributed by atoms with Crippen molar-refractivity contribution < 1.29 is 4.74 Å². The van der Waals surface area contributed by atoms with E-state index in [0.29, 0.717) is 0 Å². The van der Waals surface area contributed by atoms with Crippen LogP contribution in [0, 0.1) is 0 Å². The molecule has 1 aromatic rings. The van der Waals surface area contributed by atoms with E-state index in [1.165, 1.54) is 13.6 Å². The number of ether oxygens (including phenoxy) is 1. The molecule has 4 heteroatoms. The van der Waals surface area contributed by atoms with Gasteiger partial charge in [0.05, 0.1) is 16.5 Å². The van der Waals surface area contributed by atoms with Gasteiger partial charge in [-0.2, -0.15) is 0 Å². The van der Waals surface area contributed by atoms with E-state index in [1.807, 2.05) is 11.8 Å². The van der Waals surface area contributed by atoms with Gasteiger partial charge in [0.2, 0.25) is 0 Å². The van der Waals surface area contributed by atoms with Gasteiger partial charge in [0.25, 0.3) is 0 Å². The highest BCUT2D eigenvalue weighted by Gasteiger charge is 2.18. The van der Waals surface area contributed by atoms with E-state index in [9.17, 15) is 0 Å². The van der Waals surface area contributed by atoms with Crippen molar-refractivity contribution >= 4 is 39.0 Å². The zero-order valence-corrected chi connectivity index (χ0v) is 9.89. The molecule has 0 fully saturated rings. The minimum absolute atomic E-state index is 0.270. The summed E-state index contributed by atoms with van der Waals surface area (Å²) < 4.78 is 6.82. The van der Waals surface area contributed by atoms with Gasteiger partial charge in [0.15, 0.2) is 0 Å². The predicted molar refractivity (Wildman–Crippen MR) is 57.1 cm³/mol. The Hall–Kier alpha value is 0.490. The zero-order chi connectivity index (χ0) is 8.55. The van der Waals surface area contributed by atoms with Crippen molar-refractivity contribution in [2.75, 3.05) is 12.4 Å². The topological polar surface area (TPSA) is 9.23 Å². The van der Waals surface area contributed by atoms with Gasteiger partial charge >= 0.3 is 0 Å². The molecule has 0 N–H and O–H groups in total. The summed E-state index contributed by atoms with van der Waals surface area (Å²) in [6.45, 7) is 2.98. The highest BCUT2D eigenvalue weighted by Crippen LogP contribution is 2.40. The molecule has 66 valence electrons. The van der Waals surface area contributed by atoms with Crippen molar-refractivity contribution in [2.24, 2.45) is 0 Å². The molecule has 0 amide bonds. The smallest absolute Gasteiger partial charge is 0.0900 e. The second-order valence-corrected chi connectivity index (χ2v) is 6.24. The molecule has 0 spiro atoms. The molecule has 1 aliphatic heterocycles. The summed E-state index contributed by atoms with van der Waals surface area (Å²) in [4.78, 5) is 2.75. The molecule has 0 saturated heterocycles. The van der Waals surface area contributed by atoms with Crippen LogP contribution < -0.4 is 0 Å². The lowest BCUT2D eigenvalue weighted by Gasteiger charge is -2.07. The van der Waals surface area contributed by atoms with Crippen molar-refractivity contribution in [2.45, 2.75) is 17.9 Å². The molecule has 1 nitrogen and oxygen atoms in total. The summed E-state index contributed by atoms with van der Waals surface area (Å²) in [7, 11) is 0. The minimum Gasteiger partial charge on any atom is -0.372 e. The Labute approximate surface area is 88.6 Å². The van der Waals surface area contributed by atoms with Gasteiger partial charge in [-0.3, -0.25) is 0 Å². The molecule has 0 aliphatic carbocycles. The Morgan fingerprint density at radius 2 is 2.50 bits per heavy atom. The van der Waals surface area contributed by atoms with Crippen LogP contribution in [-0.2, 0) is 4.74 Å². The molecule has 1 atom stereocenters. The first-order chi connectivity index (χ1) is 5.77. The molecule has 1 unspecified atom stereocenters. The monoisotopic (exact) mass is 264 g/mol. The van der Waals surface area contributed by atoms with E-state index in [4.69, 9.17) is 4.74 Å². The van der Waals surface area contributed by atoms with Crippen LogP contribution in [0.1, 0.15) is 17.9 Å². The van der Waals surface area contributed by atoms with Crippen LogP contribution in [0.2, 0.25) is 0 Å². The second-order valence-electron chi connectivity index (χ2n) is 2.64. The van der Waals surface area contributed by atoms with Crippen molar-refractivity contribution in [3.05, 3.63) is 14.7 Å². The van der Waals surface area contributed by atoms with Gasteiger partial charge in [-0.15, -0.1) is 23.1 Å². The molecular weight excluding hydrogens is 256 g/mol. The highest BCUT2D eigenvalue weighted by molar-refractivity contribution is 9.11. The van der Waals surface area contributed by atoms with E-state index < -0.39 is 0 Å². The number of thioether (sulfide) groups is 1. The fourth-order valence-electron chi connectivity index (χ4n) is 1.21. The van der Waals surface area contributed by atoms with Gasteiger partial charge in [-0.25, -0.2) is 0 Å². The molecule has 0 radical (unpaired) electrons. The summed E-state index contributed by atoms with van der Waals surface area (Å²) in [6.07, 6.45) is 0.270. The first-order valence-corrected chi connectivity index (χ1v) is 6.40. The van der Waals surface area contributed by atoms with E-state index in [1.54, 1.807) is 11.3 Å². The SMILES string of the molecule is CC1OCCSc2cc(Br)sc21. The molecule has 0 bridgehead atoms. The maximum Gasteiger partial charge on any atom is 0.0900 e. The van der Waals surface area contributed by atoms with Crippen molar-refractivity contribution in [3.8, 4) is 0 Å². The number of halogens is 1. The zero-order valence-electron chi connectivity index (χ0n) is 6.67. The van der Waals surface area contributed by atoms with E-state index >= 15 is 0 Å². The van der Waals surface area contributed by atoms with Crippen LogP contribution in [0.15, 0.2) is 14.7 Å². The molecule has 0 aromatic carbocycles. The van der Waals surface area contributed by atoms with Gasteiger partial charge in [0, 0.05) is 15.5 Å². The Balaban J connectivity index is 2.38. The fourth-order valence-corrected chi connectivity index (χ4v) is 4.18. The quantitative estimate of drug-likeness (QED) is 0.707. The van der Waals surface area contributed by atoms with Crippen molar-refractivity contribution in [1.29, 1.82) is 0 Å². The fraction of sp³-hybridized carbons (Fsp3) is 0.500. The second kappa shape index (κ2) is 3.70. The number of thiophene rings is 1. The summed E-state index contributed by atoms with van der Waals surface area (Å²) in [5, 5.41) is 0. The molecule has 1 aromatic heterocycles. The van der Waals surface area contributed by atoms with Crippen LogP contribution in [0.3, 0.4) is 0 Å². The van der Waals surface area contributed by atoms with Crippen LogP contribution >= 0.6 is 39.0 Å². The Bertz CT molecular complexity index is 285. The molecule has 2 rings (SSSR count). The van der Waals surface area contributed by atoms with Crippen LogP contribution in [-0.4, -0.2) is 12.4 Å². The van der Waals surface area contributed by atoms with E-state index in [2.05, 4.69) is 28.9 Å². The molecule has 1 aliphatic rings. The normalized spacial score (nSPS) is 23.3. The average molecular weight is 265 g/mol. The van der Waals surface area contributed by atoms with Gasteiger partial charge in [0.1, 0.15) is 0 Å². The molecule has 12 heavy (non-hydrogen) atoms. The molecule has 0 saturated carbocycles. The van der Waals surface area contributed by atoms with Gasteiger partial charge < -0.3 is 4.74 Å². The van der Waals surface area contributed by atoms with E-state index in [-0.39, 0.29) is 6.10 Å². The largest absolute Gasteiger partial charge is 0.372 e. The van der Waals surface area contributed by atoms with Crippen LogP contribution in [0.25, 0.3) is 0 Å². The first kappa shape index (κ1) is 9.06. The lowest BCUT2D eigenvalue weighted by atomic mass is 10.3. The summed E-state index contributed by atoms with van der Waals surface area (Å²) in [5.74, 6) is 1.07. The van der Waals surface area contributed by atoms with Crippen molar-refractivity contribution in [1.82, 2.24) is 0 Å². The average Bonchev–Trinajstić information content (AvgIpc) is 2.33. The lowest BCUT2D eigenvalue weighted by Crippen LogP contribution is -1.97. The number of rotatable bonds is 0. The number of hydrogen-bond donors (Lipinski definition) is 0. The predicted octanol–water partition coefficient (Wildman–Crippen LogP) is 3.69. The minimum atomic E-state index is 0.270. The molecular formula is C8H9BrOS2. The van der Waals surface area contributed by atoms with E-state index in [0.717, 1.165) is 12.4 Å². The highest BCUT2D eigenvalue weighted by atomic mass is 79.9. The Kier molecular flexibility index (Phi) is 2.79. The molecule has 2 heterocycles. The third kappa shape index (κ3) is 1.71. The Morgan fingerprint density at radius 3 is 3.33 bits per heavy atom. The summed E-state index contributed by atoms with van der Waals surface area (Å²) in [6, 6.07) is 2.19. The summed E-state index contributed by atoms with van der Waals surface area (Å²) in [5.41, 5.74) is 0. The van der Waals surface area contributed by atoms with Gasteiger partial charge in [-0.05, 0) is 28.9 Å². The van der Waals surface area contributed by atoms with Crippen LogP contribution in [0.5, 0.6) is 0 Å². The van der Waals surface area contributed by atoms with Gasteiger partial charge in [-0.1, -0.05) is 0 Å².